The van der Waals surface area contributed by atoms with Crippen molar-refractivity contribution in [3.05, 3.63) is 89.5 Å². The van der Waals surface area contributed by atoms with Gasteiger partial charge in [0.25, 0.3) is 17.7 Å². The lowest BCUT2D eigenvalue weighted by atomic mass is 10.0. The van der Waals surface area contributed by atoms with Gasteiger partial charge in [-0.3, -0.25) is 43.8 Å². The zero-order chi connectivity index (χ0) is 47.8. The van der Waals surface area contributed by atoms with Crippen molar-refractivity contribution in [2.45, 2.75) is 89.0 Å². The fourth-order valence-corrected chi connectivity index (χ4v) is 8.01. The van der Waals surface area contributed by atoms with E-state index in [1.165, 1.54) is 35.4 Å². The Balaban J connectivity index is 0.796. The van der Waals surface area contributed by atoms with Gasteiger partial charge in [-0.05, 0) is 68.0 Å². The van der Waals surface area contributed by atoms with E-state index < -0.39 is 65.9 Å². The maximum atomic E-state index is 15.3. The van der Waals surface area contributed by atoms with Crippen molar-refractivity contribution in [3.8, 4) is 22.9 Å². The summed E-state index contributed by atoms with van der Waals surface area (Å²) in [5, 5.41) is 8.27. The number of amides is 7. The number of benzene rings is 2. The normalized spacial score (nSPS) is 18.4. The molecule has 354 valence electrons. The van der Waals surface area contributed by atoms with Crippen molar-refractivity contribution < 1.29 is 60.6 Å². The van der Waals surface area contributed by atoms with Crippen molar-refractivity contribution in [2.24, 2.45) is 5.73 Å². The van der Waals surface area contributed by atoms with Crippen molar-refractivity contribution in [1.82, 2.24) is 35.0 Å². The number of anilines is 1. The number of ether oxygens (including phenoxy) is 2. The quantitative estimate of drug-likeness (QED) is 0.0592. The Morgan fingerprint density at radius 1 is 0.940 bits per heavy atom. The molecule has 5 heterocycles. The van der Waals surface area contributed by atoms with E-state index in [-0.39, 0.29) is 73.7 Å². The largest absolute Gasteiger partial charge is 0.573 e. The average molecular weight is 934 g/mol. The molecule has 0 aliphatic carbocycles. The predicted molar refractivity (Wildman–Crippen MR) is 229 cm³/mol. The van der Waals surface area contributed by atoms with Crippen molar-refractivity contribution in [2.75, 3.05) is 31.5 Å². The van der Waals surface area contributed by atoms with E-state index in [0.29, 0.717) is 67.8 Å². The zero-order valence-corrected chi connectivity index (χ0v) is 36.0. The van der Waals surface area contributed by atoms with Crippen LogP contribution in [0.15, 0.2) is 67.3 Å². The smallest absolute Gasteiger partial charge is 0.471 e. The van der Waals surface area contributed by atoms with Gasteiger partial charge in [0.1, 0.15) is 23.5 Å². The van der Waals surface area contributed by atoms with Gasteiger partial charge < -0.3 is 35.3 Å². The van der Waals surface area contributed by atoms with Gasteiger partial charge in [-0.25, -0.2) is 14.4 Å². The topological polar surface area (TPSA) is 237 Å². The Kier molecular flexibility index (Phi) is 14.8. The van der Waals surface area contributed by atoms with Crippen molar-refractivity contribution >= 4 is 47.0 Å². The van der Waals surface area contributed by atoms with Crippen LogP contribution in [0.25, 0.3) is 11.3 Å². The van der Waals surface area contributed by atoms with E-state index >= 15 is 4.39 Å². The third-order valence-corrected chi connectivity index (χ3v) is 11.4. The first-order chi connectivity index (χ1) is 32.0. The van der Waals surface area contributed by atoms with Gasteiger partial charge in [0.2, 0.25) is 29.5 Å². The number of piperidine rings is 2. The molecule has 2 aromatic heterocycles. The molecular formula is C45H47F4N9O9. The number of nitrogens with two attached hydrogens (primary N) is 1. The van der Waals surface area contributed by atoms with Crippen LogP contribution in [0, 0.1) is 0 Å². The first-order valence-corrected chi connectivity index (χ1v) is 21.6. The fraction of sp³-hybridized carbons (Fsp3) is 0.400. The molecule has 5 N–H and O–H groups in total. The summed E-state index contributed by atoms with van der Waals surface area (Å²) in [6.45, 7) is 1.28. The molecule has 3 aliphatic heterocycles. The second-order valence-corrected chi connectivity index (χ2v) is 16.2. The number of imide groups is 2. The van der Waals surface area contributed by atoms with E-state index in [1.54, 1.807) is 24.7 Å². The Morgan fingerprint density at radius 3 is 2.45 bits per heavy atom. The summed E-state index contributed by atoms with van der Waals surface area (Å²) in [5.41, 5.74) is 7.75. The number of carbonyl (C=O) groups excluding carboxylic acids is 7. The van der Waals surface area contributed by atoms with Crippen LogP contribution in [-0.2, 0) is 32.1 Å². The first-order valence-electron chi connectivity index (χ1n) is 21.6. The molecule has 0 radical (unpaired) electrons. The Hall–Kier alpha value is -7.39. The van der Waals surface area contributed by atoms with E-state index in [0.717, 1.165) is 17.0 Å². The number of nitrogens with one attached hydrogen (secondary N) is 3. The monoisotopic (exact) mass is 933 g/mol. The van der Waals surface area contributed by atoms with E-state index in [4.69, 9.17) is 10.5 Å². The van der Waals surface area contributed by atoms with Crippen LogP contribution in [0.3, 0.4) is 0 Å². The molecule has 18 nitrogen and oxygen atoms in total. The summed E-state index contributed by atoms with van der Waals surface area (Å²) in [5.74, 6) is -4.30. The molecule has 2 saturated heterocycles. The molecule has 7 rings (SSSR count). The molecular weight excluding hydrogens is 887 g/mol. The molecule has 4 aromatic rings. The molecule has 22 heteroatoms. The van der Waals surface area contributed by atoms with E-state index in [9.17, 15) is 46.7 Å². The van der Waals surface area contributed by atoms with Crippen LogP contribution in [0.2, 0.25) is 0 Å². The summed E-state index contributed by atoms with van der Waals surface area (Å²) < 4.78 is 64.2. The number of fused-ring (bicyclic) bond motifs is 1. The minimum atomic E-state index is -4.85. The number of nitrogens with zero attached hydrogens (tertiary/aromatic N) is 5. The number of likely N-dealkylation sites (tertiary alicyclic amines) is 1. The lowest BCUT2D eigenvalue weighted by molar-refractivity contribution is -0.274. The van der Waals surface area contributed by atoms with Crippen LogP contribution in [-0.4, -0.2) is 117 Å². The van der Waals surface area contributed by atoms with Crippen LogP contribution < -0.4 is 31.2 Å². The maximum absolute atomic E-state index is 15.3. The second kappa shape index (κ2) is 20.8. The van der Waals surface area contributed by atoms with E-state index in [2.05, 4.69) is 30.7 Å². The highest BCUT2D eigenvalue weighted by Gasteiger charge is 2.45. The summed E-state index contributed by atoms with van der Waals surface area (Å²) in [4.78, 5) is 99.0. The van der Waals surface area contributed by atoms with Crippen molar-refractivity contribution in [1.29, 1.82) is 0 Å². The molecule has 2 fully saturated rings. The van der Waals surface area contributed by atoms with Crippen LogP contribution >= 0.6 is 0 Å². The minimum absolute atomic E-state index is 0.0282. The van der Waals surface area contributed by atoms with Crippen LogP contribution in [0.4, 0.5) is 23.2 Å². The lowest BCUT2D eigenvalue weighted by Gasteiger charge is -2.34. The number of pyridine rings is 1. The first kappa shape index (κ1) is 47.6. The molecule has 3 atom stereocenters. The Morgan fingerprint density at radius 2 is 1.72 bits per heavy atom. The van der Waals surface area contributed by atoms with E-state index in [1.807, 2.05) is 4.57 Å². The fourth-order valence-electron chi connectivity index (χ4n) is 8.01. The number of carbonyl (C=O) groups is 7. The third kappa shape index (κ3) is 11.9. The van der Waals surface area contributed by atoms with Crippen LogP contribution in [0.1, 0.15) is 88.0 Å². The van der Waals surface area contributed by atoms with Gasteiger partial charge in [0.15, 0.2) is 6.17 Å². The number of unbranched alkanes of at least 4 members (excludes halogenated alkanes) is 2. The van der Waals surface area contributed by atoms with Gasteiger partial charge in [-0.15, -0.1) is 13.2 Å². The number of aromatic nitrogens is 3. The van der Waals surface area contributed by atoms with Gasteiger partial charge in [-0.1, -0.05) is 18.2 Å². The third-order valence-electron chi connectivity index (χ3n) is 11.4. The maximum Gasteiger partial charge on any atom is 0.573 e. The molecule has 67 heavy (non-hydrogen) atoms. The SMILES string of the molecule is NC(=O)c1cc(-c2cn(CCCCNC(=O)CCCCNc3cccc4c3C(=O)N(C3CCC(=O)NC3=O)C4=O)cn2)cnc1O[C@@H]1CCN(C(=O)Cc2ccc(OC(F)(F)F)cc2)C[C@H]1F. The number of aryl methyl sites for hydroxylation is 1. The molecule has 1 unspecified atom stereocenters. The number of hydrogen-bond donors (Lipinski definition) is 4. The molecule has 0 saturated carbocycles. The Bertz CT molecular complexity index is 2530. The highest BCUT2D eigenvalue weighted by atomic mass is 19.4. The Labute approximate surface area is 380 Å². The highest BCUT2D eigenvalue weighted by molar-refractivity contribution is 6.25. The molecule has 0 spiro atoms. The van der Waals surface area contributed by atoms with Crippen LogP contribution in [0.5, 0.6) is 11.6 Å². The summed E-state index contributed by atoms with van der Waals surface area (Å²) >= 11 is 0. The summed E-state index contributed by atoms with van der Waals surface area (Å²) in [7, 11) is 0. The number of rotatable bonds is 19. The summed E-state index contributed by atoms with van der Waals surface area (Å²) in [6, 6.07) is 10.1. The molecule has 0 bridgehead atoms. The average Bonchev–Trinajstić information content (AvgIpc) is 3.86. The number of hydrogen-bond acceptors (Lipinski definition) is 12. The standard InChI is InChI=1S/C45H47F4N9O9/c46-31-23-57(38(61)20-26-9-11-28(12-10-26)67-45(47,48)49)19-15-35(31)66-42-30(40(50)62)21-27(22-53-42)33-24-56(25-54-33)18-4-3-17-52-36(59)8-1-2-16-51-32-7-5-6-29-39(32)44(65)58(43(29)64)34-13-14-37(60)55-41(34)63/h5-7,9-12,21-22,24-25,31,34-35,51H,1-4,8,13-20,23H2,(H2,50,62)(H,52,59)(H,55,60,63)/t31-,34?,35-/m1/s1. The lowest BCUT2D eigenvalue weighted by Crippen LogP contribution is -2.54. The van der Waals surface area contributed by atoms with Gasteiger partial charge in [0.05, 0.1) is 36.1 Å². The minimum Gasteiger partial charge on any atom is -0.471 e. The molecule has 2 aromatic carbocycles. The number of primary amides is 1. The predicted octanol–water partition coefficient (Wildman–Crippen LogP) is 4.08. The van der Waals surface area contributed by atoms with Gasteiger partial charge >= 0.3 is 6.36 Å². The highest BCUT2D eigenvalue weighted by Crippen LogP contribution is 2.33. The molecule has 3 aliphatic rings. The summed E-state index contributed by atoms with van der Waals surface area (Å²) in [6.07, 6.45) is 0.123. The molecule has 7 amide bonds. The number of imidazole rings is 1. The van der Waals surface area contributed by atoms with Gasteiger partial charge in [-0.2, -0.15) is 0 Å². The number of alkyl halides is 4. The second-order valence-electron chi connectivity index (χ2n) is 16.2. The van der Waals surface area contributed by atoms with Crippen molar-refractivity contribution in [3.63, 3.8) is 0 Å². The van der Waals surface area contributed by atoms with Gasteiger partial charge in [0, 0.05) is 69.1 Å². The number of halogens is 4. The zero-order valence-electron chi connectivity index (χ0n) is 36.0.